The summed E-state index contributed by atoms with van der Waals surface area (Å²) in [5, 5.41) is 2.91. The first-order valence-electron chi connectivity index (χ1n) is 6.45. The van der Waals surface area contributed by atoms with Crippen molar-refractivity contribution >= 4 is 17.3 Å². The lowest BCUT2D eigenvalue weighted by Gasteiger charge is -2.21. The van der Waals surface area contributed by atoms with Gasteiger partial charge in [-0.05, 0) is 25.0 Å². The second-order valence-electron chi connectivity index (χ2n) is 4.78. The predicted octanol–water partition coefficient (Wildman–Crippen LogP) is 2.80. The van der Waals surface area contributed by atoms with Gasteiger partial charge >= 0.3 is 0 Å². The molecule has 4 nitrogen and oxygen atoms in total. The highest BCUT2D eigenvalue weighted by molar-refractivity contribution is 5.95. The number of carbonyl (C=O) groups is 1. The van der Waals surface area contributed by atoms with Crippen molar-refractivity contribution in [1.82, 2.24) is 0 Å². The van der Waals surface area contributed by atoms with E-state index in [4.69, 9.17) is 10.5 Å². The van der Waals surface area contributed by atoms with Gasteiger partial charge in [-0.25, -0.2) is 0 Å². The van der Waals surface area contributed by atoms with Gasteiger partial charge in [-0.2, -0.15) is 0 Å². The number of hydrogen-bond donors (Lipinski definition) is 2. The molecule has 0 heterocycles. The van der Waals surface area contributed by atoms with E-state index in [1.165, 1.54) is 6.42 Å². The van der Waals surface area contributed by atoms with Crippen LogP contribution >= 0.6 is 0 Å². The molecule has 3 N–H and O–H groups in total. The average molecular weight is 248 g/mol. The molecule has 0 unspecified atom stereocenters. The number of anilines is 2. The van der Waals surface area contributed by atoms with E-state index < -0.39 is 0 Å². The maximum atomic E-state index is 12.1. The highest BCUT2D eigenvalue weighted by Crippen LogP contribution is 2.28. The third kappa shape index (κ3) is 2.94. The Bertz CT molecular complexity index is 426. The summed E-state index contributed by atoms with van der Waals surface area (Å²) in [5.41, 5.74) is 7.09. The fraction of sp³-hybridized carbons (Fsp3) is 0.500. The monoisotopic (exact) mass is 248 g/mol. The first-order chi connectivity index (χ1) is 8.70. The molecule has 1 amide bonds. The standard InChI is InChI=1S/C14H20N2O2/c1-18-11-7-8-13(12(15)9-11)16-14(17)10-5-3-2-4-6-10/h7-10H,2-6,15H2,1H3,(H,16,17). The Morgan fingerprint density at radius 3 is 2.67 bits per heavy atom. The van der Waals surface area contributed by atoms with Gasteiger partial charge in [0.2, 0.25) is 5.91 Å². The minimum absolute atomic E-state index is 0.0894. The van der Waals surface area contributed by atoms with Crippen LogP contribution in [-0.4, -0.2) is 13.0 Å². The zero-order chi connectivity index (χ0) is 13.0. The number of nitrogen functional groups attached to an aromatic ring is 1. The summed E-state index contributed by atoms with van der Waals surface area (Å²) in [5.74, 6) is 0.926. The van der Waals surface area contributed by atoms with Crippen molar-refractivity contribution in [1.29, 1.82) is 0 Å². The van der Waals surface area contributed by atoms with Crippen LogP contribution in [0.3, 0.4) is 0 Å². The molecule has 0 atom stereocenters. The molecule has 98 valence electrons. The maximum Gasteiger partial charge on any atom is 0.227 e. The molecule has 18 heavy (non-hydrogen) atoms. The zero-order valence-electron chi connectivity index (χ0n) is 10.7. The Kier molecular flexibility index (Phi) is 4.07. The van der Waals surface area contributed by atoms with Crippen LogP contribution in [0.4, 0.5) is 11.4 Å². The van der Waals surface area contributed by atoms with E-state index in [0.29, 0.717) is 17.1 Å². The molecule has 1 aliphatic carbocycles. The van der Waals surface area contributed by atoms with Gasteiger partial charge in [-0.15, -0.1) is 0 Å². The number of carbonyl (C=O) groups excluding carboxylic acids is 1. The molecule has 4 heteroatoms. The minimum atomic E-state index is 0.0894. The van der Waals surface area contributed by atoms with Crippen LogP contribution in [0.15, 0.2) is 18.2 Å². The van der Waals surface area contributed by atoms with Crippen molar-refractivity contribution in [2.24, 2.45) is 5.92 Å². The lowest BCUT2D eigenvalue weighted by atomic mass is 9.88. The Hall–Kier alpha value is -1.71. The minimum Gasteiger partial charge on any atom is -0.497 e. The number of methoxy groups -OCH3 is 1. The Morgan fingerprint density at radius 2 is 2.06 bits per heavy atom. The number of nitrogens with two attached hydrogens (primary N) is 1. The van der Waals surface area contributed by atoms with Crippen LogP contribution < -0.4 is 15.8 Å². The van der Waals surface area contributed by atoms with Crippen LogP contribution in [0.5, 0.6) is 5.75 Å². The molecule has 1 aromatic rings. The van der Waals surface area contributed by atoms with E-state index in [-0.39, 0.29) is 11.8 Å². The molecule has 1 fully saturated rings. The quantitative estimate of drug-likeness (QED) is 0.808. The second-order valence-corrected chi connectivity index (χ2v) is 4.78. The van der Waals surface area contributed by atoms with E-state index in [2.05, 4.69) is 5.32 Å². The second kappa shape index (κ2) is 5.76. The normalized spacial score (nSPS) is 16.3. The molecule has 1 aromatic carbocycles. The molecule has 0 aliphatic heterocycles. The van der Waals surface area contributed by atoms with Gasteiger partial charge in [0.05, 0.1) is 18.5 Å². The molecule has 0 saturated heterocycles. The third-order valence-electron chi connectivity index (χ3n) is 3.49. The lowest BCUT2D eigenvalue weighted by Crippen LogP contribution is -2.25. The zero-order valence-corrected chi connectivity index (χ0v) is 10.7. The van der Waals surface area contributed by atoms with Crippen molar-refractivity contribution in [2.75, 3.05) is 18.2 Å². The maximum absolute atomic E-state index is 12.1. The van der Waals surface area contributed by atoms with Crippen LogP contribution in [0, 0.1) is 5.92 Å². The van der Waals surface area contributed by atoms with E-state index in [0.717, 1.165) is 25.7 Å². The lowest BCUT2D eigenvalue weighted by molar-refractivity contribution is -0.120. The van der Waals surface area contributed by atoms with E-state index in [1.54, 1.807) is 25.3 Å². The van der Waals surface area contributed by atoms with Crippen LogP contribution in [0.2, 0.25) is 0 Å². The van der Waals surface area contributed by atoms with Gasteiger partial charge in [0.1, 0.15) is 5.75 Å². The Labute approximate surface area is 108 Å². The first kappa shape index (κ1) is 12.7. The number of ether oxygens (including phenoxy) is 1. The predicted molar refractivity (Wildman–Crippen MR) is 72.6 cm³/mol. The number of hydrogen-bond acceptors (Lipinski definition) is 3. The smallest absolute Gasteiger partial charge is 0.227 e. The molecule has 1 aliphatic rings. The fourth-order valence-electron chi connectivity index (χ4n) is 2.38. The fourth-order valence-corrected chi connectivity index (χ4v) is 2.38. The molecular formula is C14H20N2O2. The van der Waals surface area contributed by atoms with Crippen LogP contribution in [0.1, 0.15) is 32.1 Å². The summed E-state index contributed by atoms with van der Waals surface area (Å²) in [7, 11) is 1.59. The van der Waals surface area contributed by atoms with Crippen LogP contribution in [0.25, 0.3) is 0 Å². The highest BCUT2D eigenvalue weighted by atomic mass is 16.5. The van der Waals surface area contributed by atoms with Crippen molar-refractivity contribution in [3.8, 4) is 5.75 Å². The molecule has 0 aromatic heterocycles. The van der Waals surface area contributed by atoms with Gasteiger partial charge in [0.25, 0.3) is 0 Å². The molecule has 1 saturated carbocycles. The van der Waals surface area contributed by atoms with Gasteiger partial charge in [-0.3, -0.25) is 4.79 Å². The van der Waals surface area contributed by atoms with Crippen molar-refractivity contribution < 1.29 is 9.53 Å². The number of nitrogens with one attached hydrogen (secondary N) is 1. The SMILES string of the molecule is COc1ccc(NC(=O)C2CCCCC2)c(N)c1. The summed E-state index contributed by atoms with van der Waals surface area (Å²) >= 11 is 0. The third-order valence-corrected chi connectivity index (χ3v) is 3.49. The summed E-state index contributed by atoms with van der Waals surface area (Å²) < 4.78 is 5.08. The van der Waals surface area contributed by atoms with Gasteiger partial charge in [-0.1, -0.05) is 19.3 Å². The van der Waals surface area contributed by atoms with E-state index in [9.17, 15) is 4.79 Å². The Balaban J connectivity index is 2.02. The average Bonchev–Trinajstić information content (AvgIpc) is 2.42. The van der Waals surface area contributed by atoms with Crippen LogP contribution in [-0.2, 0) is 4.79 Å². The van der Waals surface area contributed by atoms with Crippen molar-refractivity contribution in [3.63, 3.8) is 0 Å². The number of amides is 1. The van der Waals surface area contributed by atoms with Gasteiger partial charge < -0.3 is 15.8 Å². The highest BCUT2D eigenvalue weighted by Gasteiger charge is 2.21. The summed E-state index contributed by atoms with van der Waals surface area (Å²) in [6.07, 6.45) is 5.52. The van der Waals surface area contributed by atoms with Crippen molar-refractivity contribution in [2.45, 2.75) is 32.1 Å². The Morgan fingerprint density at radius 1 is 1.33 bits per heavy atom. The first-order valence-corrected chi connectivity index (χ1v) is 6.45. The topological polar surface area (TPSA) is 64.3 Å². The molecule has 0 radical (unpaired) electrons. The van der Waals surface area contributed by atoms with E-state index >= 15 is 0 Å². The molecule has 2 rings (SSSR count). The molecular weight excluding hydrogens is 228 g/mol. The van der Waals surface area contributed by atoms with Gasteiger partial charge in [0, 0.05) is 12.0 Å². The molecule has 0 spiro atoms. The number of benzene rings is 1. The number of rotatable bonds is 3. The van der Waals surface area contributed by atoms with Gasteiger partial charge in [0.15, 0.2) is 0 Å². The largest absolute Gasteiger partial charge is 0.497 e. The van der Waals surface area contributed by atoms with Crippen molar-refractivity contribution in [3.05, 3.63) is 18.2 Å². The summed E-state index contributed by atoms with van der Waals surface area (Å²) in [6.45, 7) is 0. The summed E-state index contributed by atoms with van der Waals surface area (Å²) in [6, 6.07) is 5.30. The summed E-state index contributed by atoms with van der Waals surface area (Å²) in [4.78, 5) is 12.1. The van der Waals surface area contributed by atoms with E-state index in [1.807, 2.05) is 0 Å². The molecule has 0 bridgehead atoms.